The molecule has 2 aliphatic heterocycles. The Labute approximate surface area is 169 Å². The van der Waals surface area contributed by atoms with Gasteiger partial charge < -0.3 is 19.6 Å². The van der Waals surface area contributed by atoms with Crippen molar-refractivity contribution in [1.29, 1.82) is 0 Å². The summed E-state index contributed by atoms with van der Waals surface area (Å²) in [5.41, 5.74) is 0. The summed E-state index contributed by atoms with van der Waals surface area (Å²) in [4.78, 5) is 19.3. The zero-order valence-corrected chi connectivity index (χ0v) is 17.8. The zero-order valence-electron chi connectivity index (χ0n) is 17.0. The van der Waals surface area contributed by atoms with E-state index in [9.17, 15) is 0 Å². The fourth-order valence-corrected chi connectivity index (χ4v) is 4.37. The SMILES string of the molecule is CCCN1CCCN(c2ncc(Cl)c(N3CCCN(CCC)CC3)n2)CC1. The molecule has 152 valence electrons. The van der Waals surface area contributed by atoms with E-state index in [1.165, 1.54) is 39.0 Å². The van der Waals surface area contributed by atoms with E-state index in [0.717, 1.165) is 63.9 Å². The predicted molar refractivity (Wildman–Crippen MR) is 114 cm³/mol. The number of nitrogens with zero attached hydrogens (tertiary/aromatic N) is 6. The fraction of sp³-hybridized carbons (Fsp3) is 0.800. The maximum atomic E-state index is 6.51. The van der Waals surface area contributed by atoms with Crippen LogP contribution in [0.3, 0.4) is 0 Å². The molecule has 2 fully saturated rings. The van der Waals surface area contributed by atoms with Crippen molar-refractivity contribution in [3.8, 4) is 0 Å². The van der Waals surface area contributed by atoms with Gasteiger partial charge in [-0.25, -0.2) is 4.98 Å². The number of hydrogen-bond acceptors (Lipinski definition) is 6. The Bertz CT molecular complexity index is 584. The first-order valence-corrected chi connectivity index (χ1v) is 11.1. The van der Waals surface area contributed by atoms with Gasteiger partial charge in [-0.3, -0.25) is 0 Å². The Kier molecular flexibility index (Phi) is 7.97. The van der Waals surface area contributed by atoms with Gasteiger partial charge in [-0.2, -0.15) is 4.98 Å². The van der Waals surface area contributed by atoms with E-state index in [1.54, 1.807) is 6.20 Å². The van der Waals surface area contributed by atoms with Crippen molar-refractivity contribution >= 4 is 23.4 Å². The van der Waals surface area contributed by atoms with Crippen LogP contribution in [0.5, 0.6) is 0 Å². The van der Waals surface area contributed by atoms with Crippen LogP contribution in [0.15, 0.2) is 6.20 Å². The molecule has 27 heavy (non-hydrogen) atoms. The van der Waals surface area contributed by atoms with Crippen LogP contribution in [0.25, 0.3) is 0 Å². The van der Waals surface area contributed by atoms with Crippen LogP contribution in [0.1, 0.15) is 39.5 Å². The number of halogens is 1. The largest absolute Gasteiger partial charge is 0.354 e. The van der Waals surface area contributed by atoms with Gasteiger partial charge in [-0.05, 0) is 51.9 Å². The summed E-state index contributed by atoms with van der Waals surface area (Å²) in [5.74, 6) is 1.75. The molecule has 0 saturated carbocycles. The molecule has 1 aromatic rings. The Morgan fingerprint density at radius 1 is 0.815 bits per heavy atom. The van der Waals surface area contributed by atoms with Crippen molar-refractivity contribution in [2.75, 3.05) is 75.2 Å². The third kappa shape index (κ3) is 5.69. The Balaban J connectivity index is 1.69. The maximum Gasteiger partial charge on any atom is 0.227 e. The second-order valence-corrected chi connectivity index (χ2v) is 8.11. The lowest BCUT2D eigenvalue weighted by Crippen LogP contribution is -2.34. The molecule has 0 aromatic carbocycles. The van der Waals surface area contributed by atoms with Crippen molar-refractivity contribution in [3.63, 3.8) is 0 Å². The summed E-state index contributed by atoms with van der Waals surface area (Å²) in [6.45, 7) is 15.4. The van der Waals surface area contributed by atoms with E-state index in [-0.39, 0.29) is 0 Å². The van der Waals surface area contributed by atoms with Crippen LogP contribution in [0.4, 0.5) is 11.8 Å². The minimum Gasteiger partial charge on any atom is -0.354 e. The molecule has 0 spiro atoms. The van der Waals surface area contributed by atoms with E-state index < -0.39 is 0 Å². The van der Waals surface area contributed by atoms with Crippen LogP contribution in [0.2, 0.25) is 5.02 Å². The van der Waals surface area contributed by atoms with Crippen LogP contribution >= 0.6 is 11.6 Å². The minimum atomic E-state index is 0.671. The van der Waals surface area contributed by atoms with Gasteiger partial charge >= 0.3 is 0 Å². The van der Waals surface area contributed by atoms with Crippen molar-refractivity contribution < 1.29 is 0 Å². The molecule has 0 amide bonds. The van der Waals surface area contributed by atoms with Crippen molar-refractivity contribution in [2.24, 2.45) is 0 Å². The fourth-order valence-electron chi connectivity index (χ4n) is 4.16. The molecule has 3 heterocycles. The predicted octanol–water partition coefficient (Wildman–Crippen LogP) is 2.97. The Hall–Kier alpha value is -1.11. The molecule has 0 aliphatic carbocycles. The smallest absolute Gasteiger partial charge is 0.227 e. The summed E-state index contributed by atoms with van der Waals surface area (Å²) in [6, 6.07) is 0. The zero-order chi connectivity index (χ0) is 19.1. The molecular formula is C20H35ClN6. The maximum absolute atomic E-state index is 6.51. The van der Waals surface area contributed by atoms with Crippen LogP contribution in [0, 0.1) is 0 Å². The molecule has 1 aromatic heterocycles. The van der Waals surface area contributed by atoms with E-state index >= 15 is 0 Å². The van der Waals surface area contributed by atoms with Crippen LogP contribution < -0.4 is 9.80 Å². The van der Waals surface area contributed by atoms with Crippen LogP contribution in [-0.2, 0) is 0 Å². The number of hydrogen-bond donors (Lipinski definition) is 0. The molecule has 3 rings (SSSR count). The van der Waals surface area contributed by atoms with Crippen molar-refractivity contribution in [3.05, 3.63) is 11.2 Å². The molecule has 0 unspecified atom stereocenters. The summed E-state index contributed by atoms with van der Waals surface area (Å²) in [6.07, 6.45) is 6.54. The first kappa shape index (κ1) is 20.6. The lowest BCUT2D eigenvalue weighted by molar-refractivity contribution is 0.294. The van der Waals surface area contributed by atoms with Crippen molar-refractivity contribution in [1.82, 2.24) is 19.8 Å². The quantitative estimate of drug-likeness (QED) is 0.738. The van der Waals surface area contributed by atoms with Gasteiger partial charge in [0.05, 0.1) is 6.20 Å². The topological polar surface area (TPSA) is 38.7 Å². The third-order valence-corrected chi connectivity index (χ3v) is 5.82. The standard InChI is InChI=1S/C20H35ClN6/c1-3-7-24-9-5-11-26(15-13-24)19-18(21)17-22-20(23-19)27-12-6-10-25(8-4-2)14-16-27/h17H,3-16H2,1-2H3. The van der Waals surface area contributed by atoms with Crippen molar-refractivity contribution in [2.45, 2.75) is 39.5 Å². The van der Waals surface area contributed by atoms with E-state index in [4.69, 9.17) is 16.6 Å². The minimum absolute atomic E-state index is 0.671. The number of aromatic nitrogens is 2. The molecule has 2 saturated heterocycles. The molecule has 0 radical (unpaired) electrons. The molecule has 0 bridgehead atoms. The molecular weight excluding hydrogens is 360 g/mol. The number of rotatable bonds is 6. The summed E-state index contributed by atoms with van der Waals surface area (Å²) >= 11 is 6.51. The normalized spacial score (nSPS) is 20.6. The number of anilines is 2. The second-order valence-electron chi connectivity index (χ2n) is 7.71. The van der Waals surface area contributed by atoms with Gasteiger partial charge in [0, 0.05) is 39.3 Å². The Morgan fingerprint density at radius 3 is 2.04 bits per heavy atom. The van der Waals surface area contributed by atoms with Gasteiger partial charge in [0.15, 0.2) is 5.82 Å². The lowest BCUT2D eigenvalue weighted by atomic mass is 10.3. The highest BCUT2D eigenvalue weighted by Gasteiger charge is 2.21. The third-order valence-electron chi connectivity index (χ3n) is 5.55. The van der Waals surface area contributed by atoms with Crippen LogP contribution in [-0.4, -0.2) is 85.2 Å². The molecule has 0 atom stereocenters. The van der Waals surface area contributed by atoms with E-state index in [0.29, 0.717) is 5.02 Å². The molecule has 0 N–H and O–H groups in total. The monoisotopic (exact) mass is 394 g/mol. The first-order valence-electron chi connectivity index (χ1n) is 10.7. The van der Waals surface area contributed by atoms with Gasteiger partial charge in [0.25, 0.3) is 0 Å². The lowest BCUT2D eigenvalue weighted by Gasteiger charge is -2.26. The first-order chi connectivity index (χ1) is 13.2. The highest BCUT2D eigenvalue weighted by molar-refractivity contribution is 6.32. The summed E-state index contributed by atoms with van der Waals surface area (Å²) in [5, 5.41) is 0.671. The highest BCUT2D eigenvalue weighted by Crippen LogP contribution is 2.26. The van der Waals surface area contributed by atoms with Gasteiger partial charge in [-0.15, -0.1) is 0 Å². The van der Waals surface area contributed by atoms with Gasteiger partial charge in [0.1, 0.15) is 5.02 Å². The average molecular weight is 395 g/mol. The average Bonchev–Trinajstić information content (AvgIpc) is 3.04. The molecule has 7 heteroatoms. The summed E-state index contributed by atoms with van der Waals surface area (Å²) in [7, 11) is 0. The Morgan fingerprint density at radius 2 is 1.41 bits per heavy atom. The van der Waals surface area contributed by atoms with Gasteiger partial charge in [0.2, 0.25) is 5.95 Å². The van der Waals surface area contributed by atoms with E-state index in [1.807, 2.05) is 0 Å². The highest BCUT2D eigenvalue weighted by atomic mass is 35.5. The molecule has 6 nitrogen and oxygen atoms in total. The molecule has 2 aliphatic rings. The second kappa shape index (κ2) is 10.4. The van der Waals surface area contributed by atoms with Gasteiger partial charge in [-0.1, -0.05) is 25.4 Å². The van der Waals surface area contributed by atoms with E-state index in [2.05, 4.69) is 38.4 Å². The summed E-state index contributed by atoms with van der Waals surface area (Å²) < 4.78 is 0.